The average molecular weight is 528 g/mol. The number of morpholine rings is 1. The third-order valence-corrected chi connectivity index (χ3v) is 6.39. The maximum absolute atomic E-state index is 12.9. The lowest BCUT2D eigenvalue weighted by molar-refractivity contribution is -0.123. The minimum atomic E-state index is -2.50. The molecule has 0 saturated carbocycles. The number of esters is 1. The molecular formula is C27H27F2N3O4S. The van der Waals surface area contributed by atoms with Crippen LogP contribution in [0.25, 0.3) is 0 Å². The van der Waals surface area contributed by atoms with Gasteiger partial charge in [-0.2, -0.15) is 8.78 Å². The molecule has 0 aliphatic carbocycles. The summed E-state index contributed by atoms with van der Waals surface area (Å²) in [5.41, 5.74) is 2.97. The van der Waals surface area contributed by atoms with E-state index in [1.807, 2.05) is 24.3 Å². The number of halogens is 2. The molecule has 1 aliphatic rings. The Morgan fingerprint density at radius 3 is 2.27 bits per heavy atom. The van der Waals surface area contributed by atoms with Gasteiger partial charge < -0.3 is 25.0 Å². The van der Waals surface area contributed by atoms with Gasteiger partial charge in [0.25, 0.3) is 11.7 Å². The summed E-state index contributed by atoms with van der Waals surface area (Å²) in [6, 6.07) is 20.6. The molecule has 0 aromatic heterocycles. The molecule has 10 heteroatoms. The molecule has 0 radical (unpaired) electrons. The Labute approximate surface area is 218 Å². The molecule has 2 N–H and O–H groups in total. The summed E-state index contributed by atoms with van der Waals surface area (Å²) in [4.78, 5) is 28.2. The van der Waals surface area contributed by atoms with Crippen molar-refractivity contribution in [2.24, 2.45) is 0 Å². The second-order valence-electron chi connectivity index (χ2n) is 8.26. The van der Waals surface area contributed by atoms with Crippen LogP contribution in [0.3, 0.4) is 0 Å². The van der Waals surface area contributed by atoms with Gasteiger partial charge in [-0.15, -0.1) is 0 Å². The Bertz CT molecular complexity index is 1200. The number of carbonyl (C=O) groups excluding carboxylic acids is 2. The summed E-state index contributed by atoms with van der Waals surface area (Å²) < 4.78 is 35.9. The first-order chi connectivity index (χ1) is 17.9. The van der Waals surface area contributed by atoms with E-state index in [-0.39, 0.29) is 5.56 Å². The molecule has 37 heavy (non-hydrogen) atoms. The highest BCUT2D eigenvalue weighted by atomic mass is 32.2. The summed E-state index contributed by atoms with van der Waals surface area (Å²) in [6.45, 7) is 4.51. The molecule has 0 spiro atoms. The van der Waals surface area contributed by atoms with E-state index in [1.165, 1.54) is 6.92 Å². The number of amides is 1. The molecule has 3 aromatic carbocycles. The number of anilines is 4. The number of nitrogens with one attached hydrogen (secondary N) is 2. The van der Waals surface area contributed by atoms with E-state index in [0.29, 0.717) is 46.9 Å². The zero-order valence-electron chi connectivity index (χ0n) is 20.2. The molecule has 1 heterocycles. The van der Waals surface area contributed by atoms with Crippen LogP contribution in [0, 0.1) is 0 Å². The van der Waals surface area contributed by atoms with Gasteiger partial charge in [-0.05, 0) is 67.6 Å². The van der Waals surface area contributed by atoms with E-state index >= 15 is 0 Å². The molecule has 194 valence electrons. The van der Waals surface area contributed by atoms with Crippen LogP contribution in [0.15, 0.2) is 77.7 Å². The van der Waals surface area contributed by atoms with Gasteiger partial charge in [-0.25, -0.2) is 4.79 Å². The second-order valence-corrected chi connectivity index (χ2v) is 9.32. The van der Waals surface area contributed by atoms with Gasteiger partial charge in [0.1, 0.15) is 0 Å². The molecule has 1 saturated heterocycles. The van der Waals surface area contributed by atoms with Gasteiger partial charge in [0.2, 0.25) is 0 Å². The van der Waals surface area contributed by atoms with Gasteiger partial charge in [-0.1, -0.05) is 23.9 Å². The normalized spacial score (nSPS) is 14.2. The fourth-order valence-electron chi connectivity index (χ4n) is 3.74. The largest absolute Gasteiger partial charge is 0.449 e. The van der Waals surface area contributed by atoms with E-state index in [2.05, 4.69) is 15.5 Å². The van der Waals surface area contributed by atoms with Crippen molar-refractivity contribution < 1.29 is 27.8 Å². The lowest BCUT2D eigenvalue weighted by atomic mass is 10.1. The summed E-state index contributed by atoms with van der Waals surface area (Å²) in [6.07, 6.45) is -1.04. The van der Waals surface area contributed by atoms with E-state index in [4.69, 9.17) is 9.47 Å². The standard InChI is InChI=1S/C27H27F2N3O4S/c1-18(25(33)31-20-6-10-21(11-7-20)32-14-16-35-17-15-32)36-26(34)23-4-2-3-5-24(23)30-19-8-12-22(13-9-19)37-27(28)29/h2-13,18,27,30H,14-17H2,1H3,(H,31,33). The lowest BCUT2D eigenvalue weighted by Crippen LogP contribution is -2.36. The number of nitrogens with zero attached hydrogens (tertiary/aromatic N) is 1. The van der Waals surface area contributed by atoms with E-state index < -0.39 is 23.7 Å². The Morgan fingerprint density at radius 1 is 0.946 bits per heavy atom. The van der Waals surface area contributed by atoms with Crippen LogP contribution in [0.5, 0.6) is 0 Å². The van der Waals surface area contributed by atoms with Crippen LogP contribution >= 0.6 is 11.8 Å². The van der Waals surface area contributed by atoms with Gasteiger partial charge in [0, 0.05) is 35.0 Å². The molecule has 1 atom stereocenters. The molecule has 1 unspecified atom stereocenters. The van der Waals surface area contributed by atoms with Gasteiger partial charge in [-0.3, -0.25) is 4.79 Å². The third-order valence-electron chi connectivity index (χ3n) is 5.67. The number of hydrogen-bond acceptors (Lipinski definition) is 7. The zero-order chi connectivity index (χ0) is 26.2. The number of para-hydroxylation sites is 1. The van der Waals surface area contributed by atoms with Crippen LogP contribution in [0.2, 0.25) is 0 Å². The number of hydrogen-bond donors (Lipinski definition) is 2. The molecule has 0 bridgehead atoms. The van der Waals surface area contributed by atoms with Crippen molar-refractivity contribution in [1.82, 2.24) is 0 Å². The monoisotopic (exact) mass is 527 g/mol. The maximum atomic E-state index is 12.9. The first kappa shape index (κ1) is 26.4. The Kier molecular flexibility index (Phi) is 8.97. The van der Waals surface area contributed by atoms with Gasteiger partial charge in [0.05, 0.1) is 24.5 Å². The predicted octanol–water partition coefficient (Wildman–Crippen LogP) is 5.77. The molecule has 4 rings (SSSR count). The third kappa shape index (κ3) is 7.43. The van der Waals surface area contributed by atoms with Crippen LogP contribution in [-0.2, 0) is 14.3 Å². The van der Waals surface area contributed by atoms with Crippen LogP contribution in [0.4, 0.5) is 31.5 Å². The predicted molar refractivity (Wildman–Crippen MR) is 141 cm³/mol. The molecule has 1 aliphatic heterocycles. The summed E-state index contributed by atoms with van der Waals surface area (Å²) >= 11 is 0.459. The molecular weight excluding hydrogens is 500 g/mol. The summed E-state index contributed by atoms with van der Waals surface area (Å²) in [7, 11) is 0. The quantitative estimate of drug-likeness (QED) is 0.270. The van der Waals surface area contributed by atoms with Crippen molar-refractivity contribution in [3.05, 3.63) is 78.4 Å². The number of alkyl halides is 2. The number of thioether (sulfide) groups is 1. The smallest absolute Gasteiger partial charge is 0.341 e. The van der Waals surface area contributed by atoms with Crippen molar-refractivity contribution in [1.29, 1.82) is 0 Å². The SMILES string of the molecule is CC(OC(=O)c1ccccc1Nc1ccc(SC(F)F)cc1)C(=O)Nc1ccc(N2CCOCC2)cc1. The van der Waals surface area contributed by atoms with Crippen molar-refractivity contribution >= 4 is 46.4 Å². The Morgan fingerprint density at radius 2 is 1.59 bits per heavy atom. The lowest BCUT2D eigenvalue weighted by Gasteiger charge is -2.28. The first-order valence-electron chi connectivity index (χ1n) is 11.7. The fourth-order valence-corrected chi connectivity index (χ4v) is 4.24. The van der Waals surface area contributed by atoms with E-state index in [0.717, 1.165) is 18.8 Å². The van der Waals surface area contributed by atoms with Crippen molar-refractivity contribution in [2.75, 3.05) is 41.8 Å². The molecule has 3 aromatic rings. The molecule has 1 amide bonds. The van der Waals surface area contributed by atoms with Crippen LogP contribution in [0.1, 0.15) is 17.3 Å². The topological polar surface area (TPSA) is 79.9 Å². The molecule has 7 nitrogen and oxygen atoms in total. The second kappa shape index (κ2) is 12.6. The highest BCUT2D eigenvalue weighted by Crippen LogP contribution is 2.28. The maximum Gasteiger partial charge on any atom is 0.341 e. The minimum Gasteiger partial charge on any atom is -0.449 e. The van der Waals surface area contributed by atoms with E-state index in [9.17, 15) is 18.4 Å². The first-order valence-corrected chi connectivity index (χ1v) is 12.6. The highest BCUT2D eigenvalue weighted by molar-refractivity contribution is 7.99. The number of ether oxygens (including phenoxy) is 2. The number of benzene rings is 3. The Hall–Kier alpha value is -3.63. The van der Waals surface area contributed by atoms with Crippen LogP contribution in [-0.4, -0.2) is 50.0 Å². The van der Waals surface area contributed by atoms with E-state index in [1.54, 1.807) is 48.5 Å². The van der Waals surface area contributed by atoms with Crippen molar-refractivity contribution in [2.45, 2.75) is 23.7 Å². The summed E-state index contributed by atoms with van der Waals surface area (Å²) in [5, 5.41) is 5.87. The minimum absolute atomic E-state index is 0.239. The average Bonchev–Trinajstić information content (AvgIpc) is 2.90. The van der Waals surface area contributed by atoms with Crippen molar-refractivity contribution in [3.8, 4) is 0 Å². The van der Waals surface area contributed by atoms with Gasteiger partial charge in [0.15, 0.2) is 6.10 Å². The number of rotatable bonds is 9. The van der Waals surface area contributed by atoms with Crippen LogP contribution < -0.4 is 15.5 Å². The summed E-state index contributed by atoms with van der Waals surface area (Å²) in [5.74, 6) is -3.62. The molecule has 1 fully saturated rings. The van der Waals surface area contributed by atoms with Gasteiger partial charge >= 0.3 is 5.97 Å². The van der Waals surface area contributed by atoms with Crippen molar-refractivity contribution in [3.63, 3.8) is 0 Å². The number of carbonyl (C=O) groups is 2. The Balaban J connectivity index is 1.35. The zero-order valence-corrected chi connectivity index (χ0v) is 21.0. The highest BCUT2D eigenvalue weighted by Gasteiger charge is 2.21. The fraction of sp³-hybridized carbons (Fsp3) is 0.259.